The lowest BCUT2D eigenvalue weighted by atomic mass is 9.80. The van der Waals surface area contributed by atoms with E-state index in [1.54, 1.807) is 30.3 Å². The zero-order chi connectivity index (χ0) is 19.0. The smallest absolute Gasteiger partial charge is 0.195 e. The van der Waals surface area contributed by atoms with Crippen molar-refractivity contribution in [2.45, 2.75) is 13.8 Å². The molecule has 3 aromatic rings. The van der Waals surface area contributed by atoms with Gasteiger partial charge < -0.3 is 5.32 Å². The third-order valence-electron chi connectivity index (χ3n) is 4.86. The standard InChI is InChI=1S/C24H21NO2/c1-15(2)14-25-20-13-12-19-22(21(20)16-8-4-3-5-9-16)24(27)18-11-7-6-10-17(18)23(19)26/h3-13,15,25H,14H2,1-2H3. The minimum absolute atomic E-state index is 0.0900. The molecule has 0 amide bonds. The average molecular weight is 355 g/mol. The summed E-state index contributed by atoms with van der Waals surface area (Å²) in [5.74, 6) is 0.280. The highest BCUT2D eigenvalue weighted by molar-refractivity contribution is 6.31. The van der Waals surface area contributed by atoms with E-state index in [9.17, 15) is 9.59 Å². The Morgan fingerprint density at radius 2 is 1.33 bits per heavy atom. The second-order valence-electron chi connectivity index (χ2n) is 7.26. The zero-order valence-corrected chi connectivity index (χ0v) is 15.5. The van der Waals surface area contributed by atoms with Gasteiger partial charge in [-0.15, -0.1) is 0 Å². The van der Waals surface area contributed by atoms with Crippen LogP contribution >= 0.6 is 0 Å². The molecule has 134 valence electrons. The van der Waals surface area contributed by atoms with Gasteiger partial charge in [0.1, 0.15) is 0 Å². The molecule has 0 heterocycles. The molecule has 3 nitrogen and oxygen atoms in total. The summed E-state index contributed by atoms with van der Waals surface area (Å²) in [6, 6.07) is 20.6. The van der Waals surface area contributed by atoms with Gasteiger partial charge in [0.05, 0.1) is 0 Å². The maximum absolute atomic E-state index is 13.4. The zero-order valence-electron chi connectivity index (χ0n) is 15.5. The predicted octanol–water partition coefficient (Wildman–Crippen LogP) is 5.20. The number of nitrogens with one attached hydrogen (secondary N) is 1. The van der Waals surface area contributed by atoms with E-state index in [4.69, 9.17) is 0 Å². The van der Waals surface area contributed by atoms with Crippen molar-refractivity contribution in [1.82, 2.24) is 0 Å². The molecule has 0 atom stereocenters. The van der Waals surface area contributed by atoms with Crippen molar-refractivity contribution in [1.29, 1.82) is 0 Å². The van der Waals surface area contributed by atoms with Gasteiger partial charge in [-0.1, -0.05) is 68.4 Å². The van der Waals surface area contributed by atoms with E-state index in [1.165, 1.54) is 0 Å². The van der Waals surface area contributed by atoms with E-state index in [1.807, 2.05) is 36.4 Å². The lowest BCUT2D eigenvalue weighted by Crippen LogP contribution is -2.22. The van der Waals surface area contributed by atoms with Gasteiger partial charge in [0.2, 0.25) is 0 Å². The molecule has 0 spiro atoms. The Morgan fingerprint density at radius 3 is 2.00 bits per heavy atom. The van der Waals surface area contributed by atoms with Crippen LogP contribution in [0.1, 0.15) is 45.7 Å². The molecule has 1 aliphatic carbocycles. The highest BCUT2D eigenvalue weighted by atomic mass is 16.1. The molecule has 27 heavy (non-hydrogen) atoms. The van der Waals surface area contributed by atoms with Gasteiger partial charge in [0.15, 0.2) is 11.6 Å². The van der Waals surface area contributed by atoms with Gasteiger partial charge in [-0.3, -0.25) is 9.59 Å². The van der Waals surface area contributed by atoms with E-state index in [0.29, 0.717) is 28.2 Å². The molecule has 1 N–H and O–H groups in total. The van der Waals surface area contributed by atoms with E-state index in [-0.39, 0.29) is 11.6 Å². The van der Waals surface area contributed by atoms with Crippen LogP contribution in [0, 0.1) is 5.92 Å². The Bertz CT molecular complexity index is 1040. The molecule has 0 aromatic heterocycles. The van der Waals surface area contributed by atoms with Gasteiger partial charge in [0, 0.05) is 40.0 Å². The fraction of sp³-hybridized carbons (Fsp3) is 0.167. The van der Waals surface area contributed by atoms with E-state index in [2.05, 4.69) is 19.2 Å². The summed E-state index contributed by atoms with van der Waals surface area (Å²) in [7, 11) is 0. The van der Waals surface area contributed by atoms with Crippen molar-refractivity contribution in [2.24, 2.45) is 5.92 Å². The van der Waals surface area contributed by atoms with Crippen molar-refractivity contribution >= 4 is 17.3 Å². The number of rotatable bonds is 4. The van der Waals surface area contributed by atoms with Crippen LogP contribution in [0.25, 0.3) is 11.1 Å². The highest BCUT2D eigenvalue weighted by Gasteiger charge is 2.32. The number of hydrogen-bond donors (Lipinski definition) is 1. The first-order valence-electron chi connectivity index (χ1n) is 9.22. The Labute approximate surface area is 159 Å². The molecule has 0 bridgehead atoms. The van der Waals surface area contributed by atoms with Crippen LogP contribution in [-0.2, 0) is 0 Å². The molecule has 0 radical (unpaired) electrons. The first-order valence-corrected chi connectivity index (χ1v) is 9.22. The Kier molecular flexibility index (Phi) is 4.36. The maximum atomic E-state index is 13.4. The molecule has 0 saturated heterocycles. The Hall–Kier alpha value is -3.20. The van der Waals surface area contributed by atoms with Crippen LogP contribution in [0.4, 0.5) is 5.69 Å². The summed E-state index contributed by atoms with van der Waals surface area (Å²) in [4.78, 5) is 26.4. The van der Waals surface area contributed by atoms with Gasteiger partial charge in [-0.05, 0) is 23.6 Å². The molecule has 3 heteroatoms. The number of ketones is 2. The van der Waals surface area contributed by atoms with Crippen LogP contribution in [0.5, 0.6) is 0 Å². The number of hydrogen-bond acceptors (Lipinski definition) is 3. The van der Waals surface area contributed by atoms with Crippen LogP contribution < -0.4 is 5.32 Å². The molecular weight excluding hydrogens is 334 g/mol. The highest BCUT2D eigenvalue weighted by Crippen LogP contribution is 2.39. The minimum Gasteiger partial charge on any atom is -0.384 e. The van der Waals surface area contributed by atoms with Gasteiger partial charge >= 0.3 is 0 Å². The third-order valence-corrected chi connectivity index (χ3v) is 4.86. The fourth-order valence-electron chi connectivity index (χ4n) is 3.55. The molecule has 0 aliphatic heterocycles. The average Bonchev–Trinajstić information content (AvgIpc) is 2.70. The molecule has 3 aromatic carbocycles. The third kappa shape index (κ3) is 2.95. The quantitative estimate of drug-likeness (QED) is 0.547. The molecule has 0 fully saturated rings. The van der Waals surface area contributed by atoms with Crippen LogP contribution in [-0.4, -0.2) is 18.1 Å². The molecule has 4 rings (SSSR count). The Balaban J connectivity index is 1.97. The first kappa shape index (κ1) is 17.2. The minimum atomic E-state index is -0.0905. The SMILES string of the molecule is CC(C)CNc1ccc2c(c1-c1ccccc1)C(=O)c1ccccc1C2=O. The summed E-state index contributed by atoms with van der Waals surface area (Å²) in [5, 5.41) is 3.46. The summed E-state index contributed by atoms with van der Waals surface area (Å²) in [5.41, 5.74) is 4.56. The second-order valence-corrected chi connectivity index (χ2v) is 7.26. The maximum Gasteiger partial charge on any atom is 0.195 e. The topological polar surface area (TPSA) is 46.2 Å². The summed E-state index contributed by atoms with van der Waals surface area (Å²) >= 11 is 0. The fourth-order valence-corrected chi connectivity index (χ4v) is 3.55. The van der Waals surface area contributed by atoms with Crippen LogP contribution in [0.2, 0.25) is 0 Å². The second kappa shape index (κ2) is 6.84. The lowest BCUT2D eigenvalue weighted by Gasteiger charge is -2.23. The molecular formula is C24H21NO2. The number of benzene rings is 3. The van der Waals surface area contributed by atoms with Crippen molar-refractivity contribution in [3.63, 3.8) is 0 Å². The molecule has 0 saturated carbocycles. The first-order chi connectivity index (χ1) is 13.1. The summed E-state index contributed by atoms with van der Waals surface area (Å²) in [6.07, 6.45) is 0. The lowest BCUT2D eigenvalue weighted by molar-refractivity contribution is 0.0979. The van der Waals surface area contributed by atoms with Crippen molar-refractivity contribution in [2.75, 3.05) is 11.9 Å². The van der Waals surface area contributed by atoms with E-state index >= 15 is 0 Å². The molecule has 0 unspecified atom stereocenters. The monoisotopic (exact) mass is 355 g/mol. The largest absolute Gasteiger partial charge is 0.384 e. The number of fused-ring (bicyclic) bond motifs is 2. The number of anilines is 1. The summed E-state index contributed by atoms with van der Waals surface area (Å²) in [6.45, 7) is 5.06. The molecule has 1 aliphatic rings. The summed E-state index contributed by atoms with van der Waals surface area (Å²) < 4.78 is 0. The van der Waals surface area contributed by atoms with E-state index < -0.39 is 0 Å². The van der Waals surface area contributed by atoms with Crippen LogP contribution in [0.15, 0.2) is 66.7 Å². The normalized spacial score (nSPS) is 12.7. The predicted molar refractivity (Wildman–Crippen MR) is 109 cm³/mol. The van der Waals surface area contributed by atoms with Crippen molar-refractivity contribution in [3.8, 4) is 11.1 Å². The van der Waals surface area contributed by atoms with Gasteiger partial charge in [-0.2, -0.15) is 0 Å². The van der Waals surface area contributed by atoms with Crippen LogP contribution in [0.3, 0.4) is 0 Å². The van der Waals surface area contributed by atoms with Gasteiger partial charge in [-0.25, -0.2) is 0 Å². The number of carbonyl (C=O) groups is 2. The van der Waals surface area contributed by atoms with E-state index in [0.717, 1.165) is 23.4 Å². The van der Waals surface area contributed by atoms with Gasteiger partial charge in [0.25, 0.3) is 0 Å². The number of carbonyl (C=O) groups excluding carboxylic acids is 2. The van der Waals surface area contributed by atoms with Crippen molar-refractivity contribution in [3.05, 3.63) is 89.0 Å². The Morgan fingerprint density at radius 1 is 0.704 bits per heavy atom. The van der Waals surface area contributed by atoms with Crippen molar-refractivity contribution < 1.29 is 9.59 Å².